The number of aromatic nitrogens is 4. The summed E-state index contributed by atoms with van der Waals surface area (Å²) in [4.78, 5) is 4.05. The van der Waals surface area contributed by atoms with E-state index in [4.69, 9.17) is 11.6 Å². The van der Waals surface area contributed by atoms with Crippen LogP contribution in [0.2, 0.25) is 0 Å². The van der Waals surface area contributed by atoms with Gasteiger partial charge in [-0.25, -0.2) is 4.39 Å². The van der Waals surface area contributed by atoms with Crippen LogP contribution in [0, 0.1) is 5.82 Å². The van der Waals surface area contributed by atoms with Crippen molar-refractivity contribution in [1.82, 2.24) is 19.7 Å². The summed E-state index contributed by atoms with van der Waals surface area (Å²) < 4.78 is 15.6. The summed E-state index contributed by atoms with van der Waals surface area (Å²) in [6, 6.07) is 10.1. The largest absolute Gasteiger partial charge is 0.275 e. The highest BCUT2D eigenvalue weighted by Crippen LogP contribution is 2.24. The molecule has 0 fully saturated rings. The summed E-state index contributed by atoms with van der Waals surface area (Å²) in [5.41, 5.74) is 1.12. The summed E-state index contributed by atoms with van der Waals surface area (Å²) in [5.74, 6) is 0.778. The Labute approximate surface area is 119 Å². The minimum atomic E-state index is -0.358. The first-order chi connectivity index (χ1) is 9.81. The van der Waals surface area contributed by atoms with Gasteiger partial charge in [-0.15, -0.1) is 21.8 Å². The molecule has 0 aliphatic heterocycles. The quantitative estimate of drug-likeness (QED) is 0.695. The van der Waals surface area contributed by atoms with Crippen molar-refractivity contribution in [1.29, 1.82) is 0 Å². The van der Waals surface area contributed by atoms with Gasteiger partial charge < -0.3 is 0 Å². The third-order valence-corrected chi connectivity index (χ3v) is 3.10. The number of nitrogens with zero attached hydrogens (tertiary/aromatic N) is 4. The maximum absolute atomic E-state index is 14.0. The third kappa shape index (κ3) is 2.16. The summed E-state index contributed by atoms with van der Waals surface area (Å²) in [6.45, 7) is 0. The molecule has 0 N–H and O–H groups in total. The molecule has 2 heterocycles. The van der Waals surface area contributed by atoms with Crippen LogP contribution in [0.25, 0.3) is 17.1 Å². The average Bonchev–Trinajstić information content (AvgIpc) is 2.92. The molecule has 0 unspecified atom stereocenters. The Hall–Kier alpha value is -2.27. The van der Waals surface area contributed by atoms with Gasteiger partial charge in [0.15, 0.2) is 11.6 Å². The van der Waals surface area contributed by atoms with Gasteiger partial charge in [-0.1, -0.05) is 12.1 Å². The van der Waals surface area contributed by atoms with Crippen LogP contribution >= 0.6 is 11.6 Å². The lowest BCUT2D eigenvalue weighted by atomic mass is 10.2. The zero-order chi connectivity index (χ0) is 13.9. The fourth-order valence-corrected chi connectivity index (χ4v) is 2.14. The van der Waals surface area contributed by atoms with E-state index in [1.165, 1.54) is 6.07 Å². The van der Waals surface area contributed by atoms with E-state index in [1.54, 1.807) is 41.2 Å². The standard InChI is InChI=1S/C14H10ClFN4/c15-8-13-18-19-14(10-4-3-7-17-9-10)20(13)12-6-2-1-5-11(12)16/h1-7,9H,8H2. The van der Waals surface area contributed by atoms with E-state index >= 15 is 0 Å². The second-order valence-electron chi connectivity index (χ2n) is 4.10. The van der Waals surface area contributed by atoms with Crippen LogP contribution in [0.1, 0.15) is 5.82 Å². The molecule has 4 nitrogen and oxygen atoms in total. The van der Waals surface area contributed by atoms with Crippen molar-refractivity contribution in [2.45, 2.75) is 5.88 Å². The maximum Gasteiger partial charge on any atom is 0.170 e. The Balaban J connectivity index is 2.24. The van der Waals surface area contributed by atoms with Crippen LogP contribution in [-0.2, 0) is 5.88 Å². The van der Waals surface area contributed by atoms with E-state index in [-0.39, 0.29) is 11.7 Å². The number of hydrogen-bond donors (Lipinski definition) is 0. The molecule has 0 saturated carbocycles. The number of pyridine rings is 1. The van der Waals surface area contributed by atoms with Gasteiger partial charge in [-0.3, -0.25) is 9.55 Å². The van der Waals surface area contributed by atoms with Gasteiger partial charge >= 0.3 is 0 Å². The Bertz CT molecular complexity index is 727. The molecule has 3 rings (SSSR count). The van der Waals surface area contributed by atoms with Crippen LogP contribution in [0.15, 0.2) is 48.8 Å². The van der Waals surface area contributed by atoms with Crippen molar-refractivity contribution in [3.8, 4) is 17.1 Å². The van der Waals surface area contributed by atoms with Crippen molar-refractivity contribution >= 4 is 11.6 Å². The molecule has 0 radical (unpaired) electrons. The molecule has 0 aliphatic carbocycles. The summed E-state index contributed by atoms with van der Waals surface area (Å²) >= 11 is 5.87. The number of benzene rings is 1. The molecule has 0 saturated heterocycles. The first kappa shape index (κ1) is 12.7. The van der Waals surface area contributed by atoms with Crippen LogP contribution in [0.5, 0.6) is 0 Å². The zero-order valence-corrected chi connectivity index (χ0v) is 11.1. The van der Waals surface area contributed by atoms with E-state index in [2.05, 4.69) is 15.2 Å². The van der Waals surface area contributed by atoms with Crippen molar-refractivity contribution in [2.24, 2.45) is 0 Å². The summed E-state index contributed by atoms with van der Waals surface area (Å²) in [6.07, 6.45) is 3.31. The van der Waals surface area contributed by atoms with Crippen LogP contribution in [-0.4, -0.2) is 19.7 Å². The molecular formula is C14H10ClFN4. The summed E-state index contributed by atoms with van der Waals surface area (Å²) in [5, 5.41) is 8.11. The third-order valence-electron chi connectivity index (χ3n) is 2.86. The molecule has 0 atom stereocenters. The zero-order valence-electron chi connectivity index (χ0n) is 10.4. The van der Waals surface area contributed by atoms with Gasteiger partial charge in [-0.2, -0.15) is 0 Å². The topological polar surface area (TPSA) is 43.6 Å². The fourth-order valence-electron chi connectivity index (χ4n) is 1.97. The van der Waals surface area contributed by atoms with E-state index < -0.39 is 0 Å². The fraction of sp³-hybridized carbons (Fsp3) is 0.0714. The molecule has 0 amide bonds. The highest BCUT2D eigenvalue weighted by atomic mass is 35.5. The normalized spacial score (nSPS) is 10.7. The molecule has 2 aromatic heterocycles. The van der Waals surface area contributed by atoms with Gasteiger partial charge in [0.2, 0.25) is 0 Å². The van der Waals surface area contributed by atoms with Crippen molar-refractivity contribution in [2.75, 3.05) is 0 Å². The van der Waals surface area contributed by atoms with E-state index in [1.807, 2.05) is 6.07 Å². The van der Waals surface area contributed by atoms with Gasteiger partial charge in [0, 0.05) is 18.0 Å². The molecule has 0 bridgehead atoms. The Morgan fingerprint density at radius 2 is 1.95 bits per heavy atom. The molecule has 6 heteroatoms. The monoisotopic (exact) mass is 288 g/mol. The maximum atomic E-state index is 14.0. The van der Waals surface area contributed by atoms with Gasteiger partial charge in [-0.05, 0) is 24.3 Å². The van der Waals surface area contributed by atoms with Crippen LogP contribution < -0.4 is 0 Å². The van der Waals surface area contributed by atoms with Crippen molar-refractivity contribution in [3.63, 3.8) is 0 Å². The molecule has 20 heavy (non-hydrogen) atoms. The Morgan fingerprint density at radius 1 is 1.10 bits per heavy atom. The first-order valence-electron chi connectivity index (χ1n) is 5.97. The molecule has 0 spiro atoms. The first-order valence-corrected chi connectivity index (χ1v) is 6.50. The van der Waals surface area contributed by atoms with Crippen molar-refractivity contribution < 1.29 is 4.39 Å². The minimum absolute atomic E-state index is 0.140. The predicted molar refractivity (Wildman–Crippen MR) is 74.1 cm³/mol. The molecule has 1 aromatic carbocycles. The number of rotatable bonds is 3. The average molecular weight is 289 g/mol. The number of hydrogen-bond acceptors (Lipinski definition) is 3. The number of alkyl halides is 1. The smallest absolute Gasteiger partial charge is 0.170 e. The predicted octanol–water partition coefficient (Wildman–Crippen LogP) is 3.21. The number of halogens is 2. The van der Waals surface area contributed by atoms with E-state index in [9.17, 15) is 4.39 Å². The lowest BCUT2D eigenvalue weighted by Gasteiger charge is -2.10. The molecule has 0 aliphatic rings. The van der Waals surface area contributed by atoms with Crippen LogP contribution in [0.3, 0.4) is 0 Å². The highest BCUT2D eigenvalue weighted by molar-refractivity contribution is 6.16. The van der Waals surface area contributed by atoms with E-state index in [0.29, 0.717) is 17.3 Å². The van der Waals surface area contributed by atoms with E-state index in [0.717, 1.165) is 5.56 Å². The Kier molecular flexibility index (Phi) is 3.43. The molecule has 100 valence electrons. The second kappa shape index (κ2) is 5.38. The summed E-state index contributed by atoms with van der Waals surface area (Å²) in [7, 11) is 0. The lowest BCUT2D eigenvalue weighted by Crippen LogP contribution is -2.04. The SMILES string of the molecule is Fc1ccccc1-n1c(CCl)nnc1-c1cccnc1. The minimum Gasteiger partial charge on any atom is -0.275 e. The van der Waals surface area contributed by atoms with Gasteiger partial charge in [0.25, 0.3) is 0 Å². The second-order valence-corrected chi connectivity index (χ2v) is 4.37. The lowest BCUT2D eigenvalue weighted by molar-refractivity contribution is 0.616. The number of para-hydroxylation sites is 1. The van der Waals surface area contributed by atoms with Crippen LogP contribution in [0.4, 0.5) is 4.39 Å². The molecule has 3 aromatic rings. The van der Waals surface area contributed by atoms with Crippen molar-refractivity contribution in [3.05, 3.63) is 60.4 Å². The highest BCUT2D eigenvalue weighted by Gasteiger charge is 2.17. The Morgan fingerprint density at radius 3 is 2.65 bits per heavy atom. The van der Waals surface area contributed by atoms with Gasteiger partial charge in [0.05, 0.1) is 11.6 Å². The van der Waals surface area contributed by atoms with Gasteiger partial charge in [0.1, 0.15) is 5.82 Å². The molecular weight excluding hydrogens is 279 g/mol.